The van der Waals surface area contributed by atoms with Crippen LogP contribution in [-0.4, -0.2) is 38.4 Å². The van der Waals surface area contributed by atoms with Gasteiger partial charge in [-0.25, -0.2) is 4.79 Å². The SMILES string of the molecule is CC(C)COC(=O)CC(C(=O)OCC(C)C)=S(=O)=O. The van der Waals surface area contributed by atoms with Gasteiger partial charge in [-0.3, -0.25) is 4.79 Å². The van der Waals surface area contributed by atoms with Gasteiger partial charge in [0.1, 0.15) is 0 Å². The van der Waals surface area contributed by atoms with E-state index in [-0.39, 0.29) is 25.0 Å². The highest BCUT2D eigenvalue weighted by molar-refractivity contribution is 7.74. The van der Waals surface area contributed by atoms with Gasteiger partial charge in [0.15, 0.2) is 4.86 Å². The van der Waals surface area contributed by atoms with Crippen molar-refractivity contribution < 1.29 is 27.5 Å². The van der Waals surface area contributed by atoms with E-state index in [1.165, 1.54) is 0 Å². The fourth-order valence-corrected chi connectivity index (χ4v) is 1.39. The van der Waals surface area contributed by atoms with Crippen molar-refractivity contribution in [2.45, 2.75) is 34.1 Å². The van der Waals surface area contributed by atoms with Crippen LogP contribution in [0.4, 0.5) is 0 Å². The van der Waals surface area contributed by atoms with Crippen LogP contribution >= 0.6 is 0 Å². The van der Waals surface area contributed by atoms with Crippen LogP contribution in [0.2, 0.25) is 0 Å². The van der Waals surface area contributed by atoms with Gasteiger partial charge in [0.05, 0.1) is 19.6 Å². The molecule has 0 rings (SSSR count). The molecular formula is C12H20O6S. The Morgan fingerprint density at radius 2 is 1.42 bits per heavy atom. The molecular weight excluding hydrogens is 272 g/mol. The third-order valence-electron chi connectivity index (χ3n) is 1.86. The molecule has 0 aliphatic rings. The molecule has 19 heavy (non-hydrogen) atoms. The molecule has 0 amide bonds. The summed E-state index contributed by atoms with van der Waals surface area (Å²) in [5, 5.41) is 0. The molecule has 0 spiro atoms. The highest BCUT2D eigenvalue weighted by Gasteiger charge is 2.20. The molecule has 0 unspecified atom stereocenters. The molecule has 0 aromatic heterocycles. The van der Waals surface area contributed by atoms with Crippen LogP contribution < -0.4 is 0 Å². The molecule has 0 heterocycles. The smallest absolute Gasteiger partial charge is 0.350 e. The van der Waals surface area contributed by atoms with E-state index in [4.69, 9.17) is 9.47 Å². The van der Waals surface area contributed by atoms with Crippen molar-refractivity contribution in [2.24, 2.45) is 11.8 Å². The third-order valence-corrected chi connectivity index (χ3v) is 2.57. The standard InChI is InChI=1S/C12H20O6S/c1-8(2)6-17-11(13)5-10(19(15)16)12(14)18-7-9(3)4/h8-9H,5-7H2,1-4H3. The molecule has 0 N–H and O–H groups in total. The summed E-state index contributed by atoms with van der Waals surface area (Å²) in [5.41, 5.74) is 0. The van der Waals surface area contributed by atoms with Crippen molar-refractivity contribution in [3.05, 3.63) is 0 Å². The van der Waals surface area contributed by atoms with Gasteiger partial charge in [-0.05, 0) is 11.8 Å². The summed E-state index contributed by atoms with van der Waals surface area (Å²) in [6.07, 6.45) is -0.597. The zero-order chi connectivity index (χ0) is 15.0. The Hall–Kier alpha value is -1.37. The third kappa shape index (κ3) is 8.36. The monoisotopic (exact) mass is 292 g/mol. The number of carbonyl (C=O) groups is 2. The van der Waals surface area contributed by atoms with Gasteiger partial charge in [-0.1, -0.05) is 27.7 Å². The first-order valence-electron chi connectivity index (χ1n) is 6.01. The number of hydrogen-bond donors (Lipinski definition) is 0. The van der Waals surface area contributed by atoms with Crippen molar-refractivity contribution in [3.8, 4) is 0 Å². The largest absolute Gasteiger partial charge is 0.465 e. The maximum absolute atomic E-state index is 11.5. The molecule has 110 valence electrons. The van der Waals surface area contributed by atoms with Crippen molar-refractivity contribution in [2.75, 3.05) is 13.2 Å². The predicted molar refractivity (Wildman–Crippen MR) is 70.1 cm³/mol. The number of carbonyl (C=O) groups excluding carboxylic acids is 2. The minimum atomic E-state index is -2.79. The van der Waals surface area contributed by atoms with Gasteiger partial charge in [0.25, 0.3) is 0 Å². The second kappa shape index (κ2) is 8.68. The summed E-state index contributed by atoms with van der Waals surface area (Å²) in [5.74, 6) is -1.53. The van der Waals surface area contributed by atoms with E-state index < -0.39 is 33.5 Å². The summed E-state index contributed by atoms with van der Waals surface area (Å²) >= 11 is 0. The van der Waals surface area contributed by atoms with Gasteiger partial charge in [0.2, 0.25) is 10.3 Å². The van der Waals surface area contributed by atoms with E-state index in [0.717, 1.165) is 0 Å². The zero-order valence-corrected chi connectivity index (χ0v) is 12.5. The first-order valence-corrected chi connectivity index (χ1v) is 7.09. The van der Waals surface area contributed by atoms with E-state index in [1.54, 1.807) is 0 Å². The Bertz CT molecular complexity index is 439. The van der Waals surface area contributed by atoms with Crippen LogP contribution in [0.15, 0.2) is 0 Å². The lowest BCUT2D eigenvalue weighted by Crippen LogP contribution is -2.24. The minimum absolute atomic E-state index is 0.0816. The molecule has 0 atom stereocenters. The van der Waals surface area contributed by atoms with Crippen molar-refractivity contribution in [1.29, 1.82) is 0 Å². The molecule has 0 fully saturated rings. The average Bonchev–Trinajstić information content (AvgIpc) is 2.29. The van der Waals surface area contributed by atoms with E-state index >= 15 is 0 Å². The van der Waals surface area contributed by atoms with Crippen LogP contribution in [0.25, 0.3) is 0 Å². The van der Waals surface area contributed by atoms with E-state index in [2.05, 4.69) is 0 Å². The number of rotatable bonds is 7. The lowest BCUT2D eigenvalue weighted by atomic mass is 10.2. The van der Waals surface area contributed by atoms with E-state index in [9.17, 15) is 18.0 Å². The highest BCUT2D eigenvalue weighted by Crippen LogP contribution is 1.99. The average molecular weight is 292 g/mol. The predicted octanol–water partition coefficient (Wildman–Crippen LogP) is 0.826. The number of ether oxygens (including phenoxy) is 2. The van der Waals surface area contributed by atoms with Crippen molar-refractivity contribution in [3.63, 3.8) is 0 Å². The minimum Gasteiger partial charge on any atom is -0.465 e. The fraction of sp³-hybridized carbons (Fsp3) is 0.750. The Labute approximate surface area is 114 Å². The molecule has 7 heteroatoms. The Morgan fingerprint density at radius 1 is 0.947 bits per heavy atom. The first kappa shape index (κ1) is 17.6. The van der Waals surface area contributed by atoms with E-state index in [0.29, 0.717) is 0 Å². The first-order chi connectivity index (χ1) is 8.73. The Balaban J connectivity index is 4.57. The van der Waals surface area contributed by atoms with Crippen molar-refractivity contribution >= 4 is 27.1 Å². The second-order valence-corrected chi connectivity index (χ2v) is 5.87. The summed E-state index contributed by atoms with van der Waals surface area (Å²) in [6, 6.07) is 0. The van der Waals surface area contributed by atoms with Crippen molar-refractivity contribution in [1.82, 2.24) is 0 Å². The summed E-state index contributed by atoms with van der Waals surface area (Å²) < 4.78 is 31.4. The Kier molecular flexibility index (Phi) is 8.06. The topological polar surface area (TPSA) is 86.7 Å². The van der Waals surface area contributed by atoms with Crippen LogP contribution in [0.1, 0.15) is 34.1 Å². The normalized spacial score (nSPS) is 10.4. The maximum Gasteiger partial charge on any atom is 0.350 e. The molecule has 0 aromatic rings. The summed E-state index contributed by atoms with van der Waals surface area (Å²) in [4.78, 5) is 22.3. The molecule has 0 aliphatic heterocycles. The van der Waals surface area contributed by atoms with Crippen LogP contribution in [0.5, 0.6) is 0 Å². The maximum atomic E-state index is 11.5. The van der Waals surface area contributed by atoms with Gasteiger partial charge >= 0.3 is 11.9 Å². The molecule has 0 radical (unpaired) electrons. The van der Waals surface area contributed by atoms with Gasteiger partial charge in [-0.15, -0.1) is 0 Å². The molecule has 0 aromatic carbocycles. The van der Waals surface area contributed by atoms with Gasteiger partial charge in [0, 0.05) is 0 Å². The lowest BCUT2D eigenvalue weighted by molar-refractivity contribution is -0.144. The highest BCUT2D eigenvalue weighted by atomic mass is 32.2. The van der Waals surface area contributed by atoms with Gasteiger partial charge < -0.3 is 9.47 Å². The molecule has 0 aliphatic carbocycles. The number of esters is 2. The summed E-state index contributed by atoms with van der Waals surface area (Å²) in [7, 11) is -2.79. The Morgan fingerprint density at radius 3 is 1.84 bits per heavy atom. The lowest BCUT2D eigenvalue weighted by Gasteiger charge is -2.08. The van der Waals surface area contributed by atoms with Gasteiger partial charge in [-0.2, -0.15) is 8.42 Å². The second-order valence-electron chi connectivity index (χ2n) is 4.90. The molecule has 6 nitrogen and oxygen atoms in total. The number of hydrogen-bond acceptors (Lipinski definition) is 6. The molecule has 0 saturated carbocycles. The summed E-state index contributed by atoms with van der Waals surface area (Å²) in [6.45, 7) is 7.61. The fourth-order valence-electron chi connectivity index (χ4n) is 0.964. The molecule has 0 saturated heterocycles. The zero-order valence-electron chi connectivity index (χ0n) is 11.6. The quantitative estimate of drug-likeness (QED) is 0.510. The van der Waals surface area contributed by atoms with Crippen LogP contribution in [0.3, 0.4) is 0 Å². The molecule has 0 bridgehead atoms. The van der Waals surface area contributed by atoms with E-state index in [1.807, 2.05) is 27.7 Å². The van der Waals surface area contributed by atoms with Crippen LogP contribution in [-0.2, 0) is 29.4 Å². The van der Waals surface area contributed by atoms with Crippen LogP contribution in [0, 0.1) is 11.8 Å².